The van der Waals surface area contributed by atoms with Crippen molar-refractivity contribution in [3.05, 3.63) is 28.3 Å². The van der Waals surface area contributed by atoms with Crippen LogP contribution >= 0.6 is 11.6 Å². The lowest BCUT2D eigenvalue weighted by Crippen LogP contribution is -2.10. The number of methoxy groups -OCH3 is 1. The van der Waals surface area contributed by atoms with E-state index in [4.69, 9.17) is 21.6 Å². The second-order valence-electron chi connectivity index (χ2n) is 3.76. The highest BCUT2D eigenvalue weighted by Crippen LogP contribution is 2.51. The molecular formula is C11H8ClF2NO. The highest BCUT2D eigenvalue weighted by molar-refractivity contribution is 6.32. The van der Waals surface area contributed by atoms with Crippen LogP contribution in [0.4, 0.5) is 8.78 Å². The van der Waals surface area contributed by atoms with Gasteiger partial charge in [-0.2, -0.15) is 5.26 Å². The standard InChI is InChI=1S/C11H8ClF2NO/c1-16-7-4-6(13)8(10(14)9(7)12)11(5-15)2-3-11/h4H,2-3H2,1H3. The van der Waals surface area contributed by atoms with Crippen molar-refractivity contribution in [2.45, 2.75) is 18.3 Å². The zero-order valence-corrected chi connectivity index (χ0v) is 9.24. The highest BCUT2D eigenvalue weighted by atomic mass is 35.5. The van der Waals surface area contributed by atoms with Crippen molar-refractivity contribution >= 4 is 11.6 Å². The molecule has 5 heteroatoms. The third-order valence-electron chi connectivity index (χ3n) is 2.79. The number of nitrogens with zero attached hydrogens (tertiary/aromatic N) is 1. The molecule has 0 spiro atoms. The summed E-state index contributed by atoms with van der Waals surface area (Å²) >= 11 is 5.69. The van der Waals surface area contributed by atoms with Crippen LogP contribution in [-0.2, 0) is 5.41 Å². The van der Waals surface area contributed by atoms with Crippen molar-refractivity contribution in [2.24, 2.45) is 0 Å². The molecule has 0 N–H and O–H groups in total. The molecule has 0 saturated heterocycles. The largest absolute Gasteiger partial charge is 0.495 e. The summed E-state index contributed by atoms with van der Waals surface area (Å²) in [5.41, 5.74) is -1.27. The molecule has 2 rings (SSSR count). The summed E-state index contributed by atoms with van der Waals surface area (Å²) in [5.74, 6) is -1.73. The second-order valence-corrected chi connectivity index (χ2v) is 4.14. The number of hydrogen-bond donors (Lipinski definition) is 0. The van der Waals surface area contributed by atoms with Crippen molar-refractivity contribution in [1.29, 1.82) is 5.26 Å². The van der Waals surface area contributed by atoms with E-state index in [2.05, 4.69) is 0 Å². The van der Waals surface area contributed by atoms with E-state index in [0.29, 0.717) is 12.8 Å². The van der Waals surface area contributed by atoms with E-state index in [-0.39, 0.29) is 16.3 Å². The first kappa shape index (κ1) is 11.2. The van der Waals surface area contributed by atoms with Crippen LogP contribution in [0, 0.1) is 23.0 Å². The summed E-state index contributed by atoms with van der Waals surface area (Å²) < 4.78 is 32.2. The Hall–Kier alpha value is -1.34. The second kappa shape index (κ2) is 3.60. The first-order valence-corrected chi connectivity index (χ1v) is 5.07. The zero-order valence-electron chi connectivity index (χ0n) is 8.48. The molecule has 84 valence electrons. The van der Waals surface area contributed by atoms with Crippen LogP contribution in [-0.4, -0.2) is 7.11 Å². The molecule has 1 aliphatic carbocycles. The predicted molar refractivity (Wildman–Crippen MR) is 54.4 cm³/mol. The quantitative estimate of drug-likeness (QED) is 0.748. The van der Waals surface area contributed by atoms with Gasteiger partial charge in [-0.25, -0.2) is 8.78 Å². The number of halogens is 3. The molecule has 0 atom stereocenters. The Balaban J connectivity index is 2.65. The van der Waals surface area contributed by atoms with Gasteiger partial charge in [0.15, 0.2) is 5.82 Å². The van der Waals surface area contributed by atoms with Gasteiger partial charge in [0.1, 0.15) is 16.6 Å². The topological polar surface area (TPSA) is 33.0 Å². The van der Waals surface area contributed by atoms with Crippen LogP contribution in [0.1, 0.15) is 18.4 Å². The molecule has 1 aromatic rings. The van der Waals surface area contributed by atoms with Gasteiger partial charge in [0.2, 0.25) is 0 Å². The number of rotatable bonds is 2. The first-order chi connectivity index (χ1) is 7.55. The van der Waals surface area contributed by atoms with Crippen LogP contribution in [0.15, 0.2) is 6.07 Å². The Labute approximate surface area is 96.4 Å². The molecule has 0 heterocycles. The van der Waals surface area contributed by atoms with Crippen LogP contribution in [0.25, 0.3) is 0 Å². The normalized spacial score (nSPS) is 16.7. The molecule has 2 nitrogen and oxygen atoms in total. The maximum absolute atomic E-state index is 13.8. The minimum absolute atomic E-state index is 0.0610. The van der Waals surface area contributed by atoms with Crippen LogP contribution in [0.5, 0.6) is 5.75 Å². The molecule has 16 heavy (non-hydrogen) atoms. The number of ether oxygens (including phenoxy) is 1. The van der Waals surface area contributed by atoms with E-state index < -0.39 is 17.0 Å². The van der Waals surface area contributed by atoms with Gasteiger partial charge >= 0.3 is 0 Å². The lowest BCUT2D eigenvalue weighted by Gasteiger charge is -2.12. The third-order valence-corrected chi connectivity index (χ3v) is 3.14. The smallest absolute Gasteiger partial charge is 0.153 e. The van der Waals surface area contributed by atoms with Gasteiger partial charge in [-0.05, 0) is 12.8 Å². The van der Waals surface area contributed by atoms with Gasteiger partial charge in [0, 0.05) is 11.6 Å². The number of hydrogen-bond acceptors (Lipinski definition) is 2. The lowest BCUT2D eigenvalue weighted by molar-refractivity contribution is 0.404. The molecule has 1 saturated carbocycles. The number of nitriles is 1. The summed E-state index contributed by atoms with van der Waals surface area (Å²) in [6.07, 6.45) is 0.917. The Bertz CT molecular complexity index is 492. The Kier molecular flexibility index (Phi) is 2.51. The summed E-state index contributed by atoms with van der Waals surface area (Å²) in [4.78, 5) is 0. The molecule has 0 unspecified atom stereocenters. The average molecular weight is 244 g/mol. The van der Waals surface area contributed by atoms with Gasteiger partial charge in [0.05, 0.1) is 18.6 Å². The fourth-order valence-electron chi connectivity index (χ4n) is 1.70. The van der Waals surface area contributed by atoms with Crippen molar-refractivity contribution in [2.75, 3.05) is 7.11 Å². The molecule has 1 fully saturated rings. The number of benzene rings is 1. The van der Waals surface area contributed by atoms with Crippen LogP contribution in [0.2, 0.25) is 5.02 Å². The van der Waals surface area contributed by atoms with Crippen molar-refractivity contribution in [1.82, 2.24) is 0 Å². The zero-order chi connectivity index (χ0) is 11.9. The Morgan fingerprint density at radius 1 is 1.50 bits per heavy atom. The summed E-state index contributed by atoms with van der Waals surface area (Å²) in [6, 6.07) is 2.95. The van der Waals surface area contributed by atoms with E-state index >= 15 is 0 Å². The van der Waals surface area contributed by atoms with Crippen LogP contribution < -0.4 is 4.74 Å². The average Bonchev–Trinajstić information content (AvgIpc) is 3.04. The van der Waals surface area contributed by atoms with E-state index in [9.17, 15) is 8.78 Å². The first-order valence-electron chi connectivity index (χ1n) is 4.69. The Morgan fingerprint density at radius 2 is 2.12 bits per heavy atom. The van der Waals surface area contributed by atoms with Gasteiger partial charge in [-0.3, -0.25) is 0 Å². The van der Waals surface area contributed by atoms with Crippen LogP contribution in [0.3, 0.4) is 0 Å². The maximum Gasteiger partial charge on any atom is 0.153 e. The maximum atomic E-state index is 13.8. The SMILES string of the molecule is COc1cc(F)c(C2(C#N)CC2)c(F)c1Cl. The molecular weight excluding hydrogens is 236 g/mol. The van der Waals surface area contributed by atoms with E-state index in [1.54, 1.807) is 0 Å². The molecule has 0 radical (unpaired) electrons. The third kappa shape index (κ3) is 1.43. The molecule has 0 aliphatic heterocycles. The minimum Gasteiger partial charge on any atom is -0.495 e. The van der Waals surface area contributed by atoms with E-state index in [0.717, 1.165) is 6.07 Å². The summed E-state index contributed by atoms with van der Waals surface area (Å²) in [5, 5.41) is 8.64. The van der Waals surface area contributed by atoms with Gasteiger partial charge < -0.3 is 4.74 Å². The summed E-state index contributed by atoms with van der Waals surface area (Å²) in [7, 11) is 1.27. The van der Waals surface area contributed by atoms with E-state index in [1.807, 2.05) is 6.07 Å². The fraction of sp³-hybridized carbons (Fsp3) is 0.364. The molecule has 1 aliphatic rings. The highest BCUT2D eigenvalue weighted by Gasteiger charge is 2.49. The van der Waals surface area contributed by atoms with E-state index in [1.165, 1.54) is 7.11 Å². The van der Waals surface area contributed by atoms with Crippen molar-refractivity contribution < 1.29 is 13.5 Å². The molecule has 0 aromatic heterocycles. The minimum atomic E-state index is -1.04. The summed E-state index contributed by atoms with van der Waals surface area (Å²) in [6.45, 7) is 0. The molecule has 0 amide bonds. The van der Waals surface area contributed by atoms with Gasteiger partial charge in [-0.15, -0.1) is 0 Å². The molecule has 0 bridgehead atoms. The van der Waals surface area contributed by atoms with Gasteiger partial charge in [0.25, 0.3) is 0 Å². The fourth-order valence-corrected chi connectivity index (χ4v) is 1.93. The van der Waals surface area contributed by atoms with Crippen molar-refractivity contribution in [3.63, 3.8) is 0 Å². The monoisotopic (exact) mass is 243 g/mol. The molecule has 1 aromatic carbocycles. The predicted octanol–water partition coefficient (Wildman–Crippen LogP) is 3.18. The lowest BCUT2D eigenvalue weighted by atomic mass is 9.96. The Morgan fingerprint density at radius 3 is 2.56 bits per heavy atom. The van der Waals surface area contributed by atoms with Crippen molar-refractivity contribution in [3.8, 4) is 11.8 Å². The van der Waals surface area contributed by atoms with Gasteiger partial charge in [-0.1, -0.05) is 11.6 Å².